The summed E-state index contributed by atoms with van der Waals surface area (Å²) >= 11 is 9.06. The molecule has 26 heavy (non-hydrogen) atoms. The van der Waals surface area contributed by atoms with Gasteiger partial charge in [0.25, 0.3) is 11.6 Å². The van der Waals surface area contributed by atoms with E-state index in [1.807, 2.05) is 4.90 Å². The first-order valence-corrected chi connectivity index (χ1v) is 8.97. The molecule has 1 saturated heterocycles. The van der Waals surface area contributed by atoms with E-state index in [-0.39, 0.29) is 11.6 Å². The van der Waals surface area contributed by atoms with Crippen LogP contribution < -0.4 is 4.90 Å². The average Bonchev–Trinajstić information content (AvgIpc) is 2.61. The molecule has 1 amide bonds. The molecule has 2 aromatic rings. The molecular formula is C17H14BrClFN3O3. The Bertz CT molecular complexity index is 872. The minimum atomic E-state index is -0.464. The second-order valence-corrected chi connectivity index (χ2v) is 7.08. The van der Waals surface area contributed by atoms with Crippen molar-refractivity contribution in [1.29, 1.82) is 0 Å². The van der Waals surface area contributed by atoms with Crippen molar-refractivity contribution in [2.75, 3.05) is 31.1 Å². The Morgan fingerprint density at radius 3 is 2.46 bits per heavy atom. The molecule has 1 heterocycles. The van der Waals surface area contributed by atoms with E-state index in [9.17, 15) is 19.3 Å². The zero-order valence-electron chi connectivity index (χ0n) is 13.5. The average molecular weight is 443 g/mol. The lowest BCUT2D eigenvalue weighted by atomic mass is 10.1. The second-order valence-electron chi connectivity index (χ2n) is 5.79. The van der Waals surface area contributed by atoms with Crippen molar-refractivity contribution in [3.05, 3.63) is 67.4 Å². The summed E-state index contributed by atoms with van der Waals surface area (Å²) in [6.07, 6.45) is 0. The summed E-state index contributed by atoms with van der Waals surface area (Å²) in [6, 6.07) is 8.49. The number of anilines is 1. The molecule has 1 aliphatic heterocycles. The molecule has 0 aromatic heterocycles. The summed E-state index contributed by atoms with van der Waals surface area (Å²) in [6.45, 7) is 1.71. The summed E-state index contributed by atoms with van der Waals surface area (Å²) in [5, 5.41) is 11.6. The van der Waals surface area contributed by atoms with Crippen LogP contribution >= 0.6 is 27.5 Å². The maximum Gasteiger partial charge on any atom is 0.294 e. The van der Waals surface area contributed by atoms with Crippen molar-refractivity contribution in [3.8, 4) is 0 Å². The van der Waals surface area contributed by atoms with E-state index >= 15 is 0 Å². The van der Waals surface area contributed by atoms with E-state index in [4.69, 9.17) is 11.6 Å². The number of nitro benzene ring substituents is 1. The van der Waals surface area contributed by atoms with Crippen molar-refractivity contribution < 1.29 is 14.1 Å². The summed E-state index contributed by atoms with van der Waals surface area (Å²) < 4.78 is 13.6. The number of hydrogen-bond acceptors (Lipinski definition) is 4. The predicted molar refractivity (Wildman–Crippen MR) is 100 cm³/mol. The minimum Gasteiger partial charge on any atom is -0.362 e. The van der Waals surface area contributed by atoms with Crippen LogP contribution in [0.3, 0.4) is 0 Å². The van der Waals surface area contributed by atoms with Crippen LogP contribution in [0.4, 0.5) is 15.8 Å². The number of nitro groups is 1. The largest absolute Gasteiger partial charge is 0.362 e. The molecule has 0 unspecified atom stereocenters. The number of rotatable bonds is 3. The fraction of sp³-hybridized carbons (Fsp3) is 0.235. The quantitative estimate of drug-likeness (QED) is 0.530. The summed E-state index contributed by atoms with van der Waals surface area (Å²) in [4.78, 5) is 26.9. The van der Waals surface area contributed by atoms with Gasteiger partial charge in [-0.15, -0.1) is 0 Å². The van der Waals surface area contributed by atoms with Gasteiger partial charge in [-0.2, -0.15) is 0 Å². The van der Waals surface area contributed by atoms with Gasteiger partial charge in [-0.3, -0.25) is 14.9 Å². The molecule has 0 N–H and O–H groups in total. The Morgan fingerprint density at radius 1 is 1.15 bits per heavy atom. The van der Waals surface area contributed by atoms with Gasteiger partial charge >= 0.3 is 0 Å². The highest BCUT2D eigenvalue weighted by Crippen LogP contribution is 2.32. The fourth-order valence-electron chi connectivity index (χ4n) is 2.89. The number of hydrogen-bond donors (Lipinski definition) is 0. The molecule has 6 nitrogen and oxygen atoms in total. The third kappa shape index (κ3) is 3.81. The smallest absolute Gasteiger partial charge is 0.294 e. The summed E-state index contributed by atoms with van der Waals surface area (Å²) in [7, 11) is 0. The fourth-order valence-corrected chi connectivity index (χ4v) is 3.58. The highest BCUT2D eigenvalue weighted by Gasteiger charge is 2.27. The van der Waals surface area contributed by atoms with Crippen LogP contribution in [-0.4, -0.2) is 41.9 Å². The van der Waals surface area contributed by atoms with Crippen molar-refractivity contribution in [1.82, 2.24) is 4.90 Å². The zero-order chi connectivity index (χ0) is 18.8. The number of amides is 1. The summed E-state index contributed by atoms with van der Waals surface area (Å²) in [5.74, 6) is -0.629. The van der Waals surface area contributed by atoms with E-state index in [0.29, 0.717) is 46.9 Å². The van der Waals surface area contributed by atoms with E-state index in [1.54, 1.807) is 17.0 Å². The molecule has 0 bridgehead atoms. The molecule has 9 heteroatoms. The lowest BCUT2D eigenvalue weighted by Gasteiger charge is -2.36. The maximum atomic E-state index is 13.2. The standard InChI is InChI=1S/C17H14BrClFN3O3/c18-14-10-12(20)2-3-13(14)17(24)22-7-5-21(6-8-22)15-4-1-11(19)9-16(15)23(25)26/h1-4,9-10H,5-8H2. The van der Waals surface area contributed by atoms with E-state index in [2.05, 4.69) is 15.9 Å². The first-order valence-electron chi connectivity index (χ1n) is 7.80. The van der Waals surface area contributed by atoms with Gasteiger partial charge in [0, 0.05) is 41.7 Å². The Hall–Kier alpha value is -2.19. The van der Waals surface area contributed by atoms with Crippen molar-refractivity contribution >= 4 is 44.8 Å². The normalized spacial score (nSPS) is 14.4. The summed E-state index contributed by atoms with van der Waals surface area (Å²) in [5.41, 5.74) is 0.811. The van der Waals surface area contributed by atoms with Crippen molar-refractivity contribution in [3.63, 3.8) is 0 Å². The van der Waals surface area contributed by atoms with Gasteiger partial charge in [-0.25, -0.2) is 4.39 Å². The first kappa shape index (κ1) is 18.6. The van der Waals surface area contributed by atoms with Gasteiger partial charge in [0.1, 0.15) is 11.5 Å². The highest BCUT2D eigenvalue weighted by molar-refractivity contribution is 9.10. The maximum absolute atomic E-state index is 13.2. The van der Waals surface area contributed by atoms with Gasteiger partial charge in [0.05, 0.1) is 10.5 Å². The topological polar surface area (TPSA) is 66.7 Å². The van der Waals surface area contributed by atoms with Crippen LogP contribution in [-0.2, 0) is 0 Å². The second kappa shape index (κ2) is 7.59. The molecule has 136 valence electrons. The first-order chi connectivity index (χ1) is 12.4. The third-order valence-corrected chi connectivity index (χ3v) is 5.09. The highest BCUT2D eigenvalue weighted by atomic mass is 79.9. The van der Waals surface area contributed by atoms with Gasteiger partial charge in [-0.05, 0) is 46.3 Å². The number of halogens is 3. The Morgan fingerprint density at radius 2 is 1.85 bits per heavy atom. The monoisotopic (exact) mass is 441 g/mol. The number of benzene rings is 2. The molecule has 1 aliphatic rings. The van der Waals surface area contributed by atoms with E-state index < -0.39 is 10.7 Å². The van der Waals surface area contributed by atoms with Crippen LogP contribution in [0, 0.1) is 15.9 Å². The molecule has 1 fully saturated rings. The molecular weight excluding hydrogens is 429 g/mol. The van der Waals surface area contributed by atoms with Crippen LogP contribution in [0.2, 0.25) is 5.02 Å². The van der Waals surface area contributed by atoms with Crippen LogP contribution in [0.1, 0.15) is 10.4 Å². The van der Waals surface area contributed by atoms with Gasteiger partial charge in [-0.1, -0.05) is 11.6 Å². The Labute approximate surface area is 162 Å². The van der Waals surface area contributed by atoms with Crippen LogP contribution in [0.5, 0.6) is 0 Å². The molecule has 0 radical (unpaired) electrons. The molecule has 2 aromatic carbocycles. The van der Waals surface area contributed by atoms with Crippen LogP contribution in [0.25, 0.3) is 0 Å². The molecule has 0 spiro atoms. The number of piperazine rings is 1. The Balaban J connectivity index is 1.73. The lowest BCUT2D eigenvalue weighted by Crippen LogP contribution is -2.49. The van der Waals surface area contributed by atoms with Gasteiger partial charge < -0.3 is 9.80 Å². The SMILES string of the molecule is O=C(c1ccc(F)cc1Br)N1CCN(c2ccc(Cl)cc2[N+](=O)[O-])CC1. The molecule has 3 rings (SSSR count). The number of carbonyl (C=O) groups is 1. The molecule has 0 atom stereocenters. The van der Waals surface area contributed by atoms with Crippen molar-refractivity contribution in [2.45, 2.75) is 0 Å². The van der Waals surface area contributed by atoms with Crippen molar-refractivity contribution in [2.24, 2.45) is 0 Å². The minimum absolute atomic E-state index is 0.0569. The van der Waals surface area contributed by atoms with Gasteiger partial charge in [0.15, 0.2) is 0 Å². The third-order valence-electron chi connectivity index (χ3n) is 4.20. The van der Waals surface area contributed by atoms with Gasteiger partial charge in [0.2, 0.25) is 0 Å². The lowest BCUT2D eigenvalue weighted by molar-refractivity contribution is -0.384. The Kier molecular flexibility index (Phi) is 5.43. The predicted octanol–water partition coefficient (Wildman–Crippen LogP) is 4.11. The van der Waals surface area contributed by atoms with Crippen LogP contribution in [0.15, 0.2) is 40.9 Å². The molecule has 0 aliphatic carbocycles. The number of nitrogens with zero attached hydrogens (tertiary/aromatic N) is 3. The molecule has 0 saturated carbocycles. The zero-order valence-corrected chi connectivity index (χ0v) is 15.8. The van der Waals surface area contributed by atoms with E-state index in [1.165, 1.54) is 24.3 Å². The van der Waals surface area contributed by atoms with E-state index in [0.717, 1.165) is 0 Å². The number of carbonyl (C=O) groups excluding carboxylic acids is 1.